The average molecular weight is 312 g/mol. The van der Waals surface area contributed by atoms with E-state index in [2.05, 4.69) is 15.4 Å². The number of carbonyl (C=O) groups excluding carboxylic acids is 1. The predicted octanol–water partition coefficient (Wildman–Crippen LogP) is -0.407. The van der Waals surface area contributed by atoms with Gasteiger partial charge in [0.25, 0.3) is 5.56 Å². The van der Waals surface area contributed by atoms with Crippen molar-refractivity contribution in [3.63, 3.8) is 0 Å². The van der Waals surface area contributed by atoms with Gasteiger partial charge in [-0.2, -0.15) is 5.10 Å². The number of aryl methyl sites for hydroxylation is 1. The van der Waals surface area contributed by atoms with Gasteiger partial charge in [-0.1, -0.05) is 11.6 Å². The molecule has 0 aliphatic rings. The molecule has 8 nitrogen and oxygen atoms in total. The largest absolute Gasteiger partial charge is 0.354 e. The Bertz CT molecular complexity index is 733. The third kappa shape index (κ3) is 4.60. The lowest BCUT2D eigenvalue weighted by atomic mass is 10.4. The molecule has 0 aliphatic heterocycles. The van der Waals surface area contributed by atoms with Gasteiger partial charge >= 0.3 is 5.69 Å². The van der Waals surface area contributed by atoms with E-state index in [-0.39, 0.29) is 18.9 Å². The van der Waals surface area contributed by atoms with Gasteiger partial charge in [0, 0.05) is 38.0 Å². The second kappa shape index (κ2) is 6.89. The zero-order valence-electron chi connectivity index (χ0n) is 11.1. The Morgan fingerprint density at radius 3 is 2.86 bits per heavy atom. The first-order chi connectivity index (χ1) is 10.0. The van der Waals surface area contributed by atoms with Crippen molar-refractivity contribution >= 4 is 17.5 Å². The number of nitrogens with zero attached hydrogens (tertiary/aromatic N) is 3. The summed E-state index contributed by atoms with van der Waals surface area (Å²) in [4.78, 5) is 36.1. The number of aromatic amines is 1. The highest BCUT2D eigenvalue weighted by atomic mass is 35.5. The molecule has 0 atom stereocenters. The lowest BCUT2D eigenvalue weighted by molar-refractivity contribution is -0.121. The lowest BCUT2D eigenvalue weighted by Crippen LogP contribution is -2.32. The first-order valence-corrected chi connectivity index (χ1v) is 6.67. The van der Waals surface area contributed by atoms with Crippen LogP contribution < -0.4 is 16.6 Å². The molecule has 0 aromatic carbocycles. The van der Waals surface area contributed by atoms with Crippen LogP contribution in [0.3, 0.4) is 0 Å². The highest BCUT2D eigenvalue weighted by Crippen LogP contribution is 2.03. The van der Waals surface area contributed by atoms with Crippen molar-refractivity contribution in [2.24, 2.45) is 0 Å². The molecule has 0 radical (unpaired) electrons. The fourth-order valence-corrected chi connectivity index (χ4v) is 1.86. The molecule has 112 valence electrons. The van der Waals surface area contributed by atoms with Crippen molar-refractivity contribution in [1.82, 2.24) is 24.6 Å². The molecule has 9 heteroatoms. The molecule has 0 saturated carbocycles. The Hall–Kier alpha value is -2.35. The second-order valence-corrected chi connectivity index (χ2v) is 4.76. The molecule has 2 aromatic heterocycles. The van der Waals surface area contributed by atoms with Crippen molar-refractivity contribution in [1.29, 1.82) is 0 Å². The molecule has 21 heavy (non-hydrogen) atoms. The SMILES string of the molecule is O=C(CCn1ccc(=O)[nH]c1=O)NCCn1cc(Cl)cn1. The number of aromatic nitrogens is 4. The summed E-state index contributed by atoms with van der Waals surface area (Å²) in [6, 6.07) is 1.24. The minimum Gasteiger partial charge on any atom is -0.354 e. The number of hydrogen-bond donors (Lipinski definition) is 2. The molecule has 0 unspecified atom stereocenters. The molecule has 2 rings (SSSR count). The first-order valence-electron chi connectivity index (χ1n) is 6.29. The van der Waals surface area contributed by atoms with Gasteiger partial charge in [0.2, 0.25) is 5.91 Å². The smallest absolute Gasteiger partial charge is 0.328 e. The molecule has 0 saturated heterocycles. The van der Waals surface area contributed by atoms with Crippen molar-refractivity contribution in [3.05, 3.63) is 50.5 Å². The van der Waals surface area contributed by atoms with Gasteiger partial charge in [-0.15, -0.1) is 0 Å². The van der Waals surface area contributed by atoms with E-state index in [9.17, 15) is 14.4 Å². The zero-order chi connectivity index (χ0) is 15.2. The number of hydrogen-bond acceptors (Lipinski definition) is 4. The van der Waals surface area contributed by atoms with Gasteiger partial charge in [-0.05, 0) is 0 Å². The topological polar surface area (TPSA) is 102 Å². The van der Waals surface area contributed by atoms with E-state index < -0.39 is 11.2 Å². The maximum Gasteiger partial charge on any atom is 0.328 e. The number of amides is 1. The van der Waals surface area contributed by atoms with Crippen LogP contribution in [0.4, 0.5) is 0 Å². The standard InChI is InChI=1S/C12H14ClN5O3/c13-9-7-15-18(8-9)6-3-14-10(19)1-4-17-5-2-11(20)16-12(17)21/h2,5,7-8H,1,3-4,6H2,(H,14,19)(H,16,20,21). The summed E-state index contributed by atoms with van der Waals surface area (Å²) in [7, 11) is 0. The van der Waals surface area contributed by atoms with Crippen LogP contribution in [0.5, 0.6) is 0 Å². The second-order valence-electron chi connectivity index (χ2n) is 4.33. The Morgan fingerprint density at radius 1 is 1.38 bits per heavy atom. The van der Waals surface area contributed by atoms with Gasteiger partial charge < -0.3 is 9.88 Å². The van der Waals surface area contributed by atoms with Crippen molar-refractivity contribution in [2.75, 3.05) is 6.54 Å². The van der Waals surface area contributed by atoms with Crippen LogP contribution in [0.15, 0.2) is 34.2 Å². The van der Waals surface area contributed by atoms with Crippen molar-refractivity contribution < 1.29 is 4.79 Å². The van der Waals surface area contributed by atoms with Crippen LogP contribution >= 0.6 is 11.6 Å². The highest BCUT2D eigenvalue weighted by molar-refractivity contribution is 6.30. The molecule has 2 aromatic rings. The van der Waals surface area contributed by atoms with E-state index in [1.165, 1.54) is 23.0 Å². The van der Waals surface area contributed by atoms with E-state index in [1.807, 2.05) is 0 Å². The summed E-state index contributed by atoms with van der Waals surface area (Å²) in [5, 5.41) is 7.23. The fraction of sp³-hybridized carbons (Fsp3) is 0.333. The number of nitrogens with one attached hydrogen (secondary N) is 2. The van der Waals surface area contributed by atoms with E-state index in [1.54, 1.807) is 10.9 Å². The summed E-state index contributed by atoms with van der Waals surface area (Å²) in [5.41, 5.74) is -0.986. The zero-order valence-corrected chi connectivity index (χ0v) is 11.8. The molecule has 2 N–H and O–H groups in total. The number of H-pyrrole nitrogens is 1. The number of carbonyl (C=O) groups is 1. The van der Waals surface area contributed by atoms with E-state index in [4.69, 9.17) is 11.6 Å². The Kier molecular flexibility index (Phi) is 4.94. The summed E-state index contributed by atoms with van der Waals surface area (Å²) in [6.45, 7) is 1.13. The normalized spacial score (nSPS) is 10.5. The average Bonchev–Trinajstić information content (AvgIpc) is 2.83. The molecule has 0 aliphatic carbocycles. The summed E-state index contributed by atoms with van der Waals surface area (Å²) >= 11 is 5.72. The summed E-state index contributed by atoms with van der Waals surface area (Å²) < 4.78 is 2.89. The van der Waals surface area contributed by atoms with E-state index in [0.717, 1.165) is 0 Å². The van der Waals surface area contributed by atoms with Crippen LogP contribution in [0.25, 0.3) is 0 Å². The Morgan fingerprint density at radius 2 is 2.19 bits per heavy atom. The maximum absolute atomic E-state index is 11.6. The predicted molar refractivity (Wildman–Crippen MR) is 76.2 cm³/mol. The molecule has 0 bridgehead atoms. The van der Waals surface area contributed by atoms with Gasteiger partial charge in [0.15, 0.2) is 0 Å². The first kappa shape index (κ1) is 15.0. The molecular formula is C12H14ClN5O3. The fourth-order valence-electron chi connectivity index (χ4n) is 1.70. The van der Waals surface area contributed by atoms with Crippen LogP contribution in [0.1, 0.15) is 6.42 Å². The minimum absolute atomic E-state index is 0.145. The monoisotopic (exact) mass is 311 g/mol. The van der Waals surface area contributed by atoms with Gasteiger partial charge in [-0.25, -0.2) is 4.79 Å². The molecule has 2 heterocycles. The Labute approximate surface area is 124 Å². The van der Waals surface area contributed by atoms with E-state index >= 15 is 0 Å². The van der Waals surface area contributed by atoms with Crippen LogP contribution in [-0.2, 0) is 17.9 Å². The molecule has 1 amide bonds. The van der Waals surface area contributed by atoms with Crippen molar-refractivity contribution in [2.45, 2.75) is 19.5 Å². The molecule has 0 spiro atoms. The number of halogens is 1. The molecule has 0 fully saturated rings. The molecular weight excluding hydrogens is 298 g/mol. The third-order valence-corrected chi connectivity index (χ3v) is 2.94. The van der Waals surface area contributed by atoms with Gasteiger partial charge in [0.05, 0.1) is 17.8 Å². The van der Waals surface area contributed by atoms with Gasteiger partial charge in [0.1, 0.15) is 0 Å². The van der Waals surface area contributed by atoms with Crippen LogP contribution in [-0.4, -0.2) is 31.8 Å². The highest BCUT2D eigenvalue weighted by Gasteiger charge is 2.03. The Balaban J connectivity index is 1.74. The summed E-state index contributed by atoms with van der Waals surface area (Å²) in [5.74, 6) is -0.189. The van der Waals surface area contributed by atoms with Gasteiger partial charge in [-0.3, -0.25) is 19.3 Å². The lowest BCUT2D eigenvalue weighted by Gasteiger charge is -2.06. The van der Waals surface area contributed by atoms with Crippen LogP contribution in [0.2, 0.25) is 5.02 Å². The van der Waals surface area contributed by atoms with Crippen LogP contribution in [0, 0.1) is 0 Å². The maximum atomic E-state index is 11.6. The minimum atomic E-state index is -0.526. The third-order valence-electron chi connectivity index (χ3n) is 2.74. The summed E-state index contributed by atoms with van der Waals surface area (Å²) in [6.07, 6.45) is 4.69. The van der Waals surface area contributed by atoms with Crippen molar-refractivity contribution in [3.8, 4) is 0 Å². The quantitative estimate of drug-likeness (QED) is 0.757. The number of rotatable bonds is 6. The van der Waals surface area contributed by atoms with E-state index in [0.29, 0.717) is 18.1 Å².